The predicted molar refractivity (Wildman–Crippen MR) is 98.4 cm³/mol. The molecule has 0 radical (unpaired) electrons. The number of carbonyl (C=O) groups excluding carboxylic acids is 2. The van der Waals surface area contributed by atoms with E-state index in [1.54, 1.807) is 22.7 Å². The van der Waals surface area contributed by atoms with Crippen LogP contribution in [0.25, 0.3) is 0 Å². The van der Waals surface area contributed by atoms with E-state index in [1.807, 2.05) is 35.0 Å². The van der Waals surface area contributed by atoms with Crippen molar-refractivity contribution in [1.29, 1.82) is 0 Å². The normalized spacial score (nSPS) is 16.5. The average Bonchev–Trinajstić information content (AvgIpc) is 3.42. The number of nitrogens with zero attached hydrogens (tertiary/aromatic N) is 2. The van der Waals surface area contributed by atoms with Gasteiger partial charge in [-0.2, -0.15) is 5.10 Å². The van der Waals surface area contributed by atoms with Gasteiger partial charge >= 0.3 is 5.97 Å². The van der Waals surface area contributed by atoms with Crippen molar-refractivity contribution in [2.45, 2.75) is 12.5 Å². The standard InChI is InChI=1S/C18H14N2O4S2/c21-17(11-24-18(22)12-5-6-23-10-12)20-14(16-4-2-8-26-16)9-13(19-20)15-3-1-7-25-15/h1-8,10,14H,9,11H2. The van der Waals surface area contributed by atoms with Crippen molar-refractivity contribution in [3.05, 3.63) is 68.9 Å². The minimum absolute atomic E-state index is 0.174. The van der Waals surface area contributed by atoms with E-state index in [2.05, 4.69) is 5.10 Å². The fraction of sp³-hybridized carbons (Fsp3) is 0.167. The maximum atomic E-state index is 12.7. The van der Waals surface area contributed by atoms with Crippen molar-refractivity contribution >= 4 is 40.3 Å². The average molecular weight is 386 g/mol. The van der Waals surface area contributed by atoms with Crippen molar-refractivity contribution < 1.29 is 18.7 Å². The van der Waals surface area contributed by atoms with E-state index in [1.165, 1.54) is 23.6 Å². The number of carbonyl (C=O) groups is 2. The molecule has 8 heteroatoms. The molecule has 0 fully saturated rings. The number of ether oxygens (including phenoxy) is 1. The van der Waals surface area contributed by atoms with E-state index >= 15 is 0 Å². The fourth-order valence-corrected chi connectivity index (χ4v) is 4.22. The van der Waals surface area contributed by atoms with Crippen LogP contribution in [-0.4, -0.2) is 29.2 Å². The first-order valence-corrected chi connectivity index (χ1v) is 9.64. The van der Waals surface area contributed by atoms with Crippen LogP contribution in [0.2, 0.25) is 0 Å². The second kappa shape index (κ2) is 7.27. The zero-order valence-electron chi connectivity index (χ0n) is 13.5. The predicted octanol–water partition coefficient (Wildman–Crippen LogP) is 3.94. The van der Waals surface area contributed by atoms with E-state index < -0.39 is 5.97 Å². The molecule has 4 rings (SSSR count). The smallest absolute Gasteiger partial charge is 0.341 e. The zero-order valence-corrected chi connectivity index (χ0v) is 15.2. The van der Waals surface area contributed by atoms with Crippen LogP contribution in [0.5, 0.6) is 0 Å². The lowest BCUT2D eigenvalue weighted by molar-refractivity contribution is -0.136. The maximum Gasteiger partial charge on any atom is 0.341 e. The minimum atomic E-state index is -0.596. The summed E-state index contributed by atoms with van der Waals surface area (Å²) in [6.07, 6.45) is 3.30. The SMILES string of the molecule is O=C(OCC(=O)N1N=C(c2cccs2)CC1c1cccs1)c1ccoc1. The topological polar surface area (TPSA) is 72.1 Å². The van der Waals surface area contributed by atoms with E-state index in [-0.39, 0.29) is 24.1 Å². The molecule has 132 valence electrons. The van der Waals surface area contributed by atoms with Crippen LogP contribution < -0.4 is 0 Å². The molecule has 3 aromatic heterocycles. The Hall–Kier alpha value is -2.71. The summed E-state index contributed by atoms with van der Waals surface area (Å²) in [5.74, 6) is -0.951. The Bertz CT molecular complexity index is 915. The lowest BCUT2D eigenvalue weighted by Crippen LogP contribution is -2.31. The van der Waals surface area contributed by atoms with Gasteiger partial charge < -0.3 is 9.15 Å². The maximum absolute atomic E-state index is 12.7. The summed E-state index contributed by atoms with van der Waals surface area (Å²) in [5, 5.41) is 9.90. The van der Waals surface area contributed by atoms with Crippen molar-refractivity contribution in [1.82, 2.24) is 5.01 Å². The van der Waals surface area contributed by atoms with Gasteiger partial charge in [0.05, 0.1) is 28.5 Å². The van der Waals surface area contributed by atoms with E-state index in [4.69, 9.17) is 9.15 Å². The highest BCUT2D eigenvalue weighted by atomic mass is 32.1. The van der Waals surface area contributed by atoms with Gasteiger partial charge in [0.1, 0.15) is 6.26 Å². The van der Waals surface area contributed by atoms with Crippen LogP contribution in [-0.2, 0) is 9.53 Å². The Morgan fingerprint density at radius 3 is 2.77 bits per heavy atom. The molecule has 1 aliphatic heterocycles. The van der Waals surface area contributed by atoms with E-state index in [0.29, 0.717) is 6.42 Å². The lowest BCUT2D eigenvalue weighted by atomic mass is 10.1. The van der Waals surface area contributed by atoms with E-state index in [9.17, 15) is 9.59 Å². The van der Waals surface area contributed by atoms with Gasteiger partial charge in [0, 0.05) is 11.3 Å². The number of hydrogen-bond acceptors (Lipinski definition) is 7. The van der Waals surface area contributed by atoms with Crippen LogP contribution >= 0.6 is 22.7 Å². The second-order valence-electron chi connectivity index (χ2n) is 5.59. The van der Waals surface area contributed by atoms with Gasteiger partial charge in [0.25, 0.3) is 5.91 Å². The van der Waals surface area contributed by atoms with Gasteiger partial charge in [-0.3, -0.25) is 4.79 Å². The first-order chi connectivity index (χ1) is 12.7. The Labute approximate surface area is 157 Å². The van der Waals surface area contributed by atoms with Crippen LogP contribution in [0.3, 0.4) is 0 Å². The Balaban J connectivity index is 1.50. The van der Waals surface area contributed by atoms with Gasteiger partial charge in [0.2, 0.25) is 0 Å². The number of furan rings is 1. The Morgan fingerprint density at radius 2 is 2.08 bits per heavy atom. The van der Waals surface area contributed by atoms with Gasteiger partial charge in [-0.1, -0.05) is 12.1 Å². The third kappa shape index (κ3) is 3.33. The van der Waals surface area contributed by atoms with Crippen molar-refractivity contribution in [3.63, 3.8) is 0 Å². The molecule has 1 atom stereocenters. The quantitative estimate of drug-likeness (QED) is 0.623. The summed E-state index contributed by atoms with van der Waals surface area (Å²) in [4.78, 5) is 26.7. The highest BCUT2D eigenvalue weighted by Crippen LogP contribution is 2.35. The first kappa shape index (κ1) is 16.7. The monoisotopic (exact) mass is 386 g/mol. The highest BCUT2D eigenvalue weighted by Gasteiger charge is 2.34. The van der Waals surface area contributed by atoms with Crippen molar-refractivity contribution in [2.24, 2.45) is 5.10 Å². The van der Waals surface area contributed by atoms with Gasteiger partial charge in [-0.25, -0.2) is 9.80 Å². The zero-order chi connectivity index (χ0) is 17.9. The summed E-state index contributed by atoms with van der Waals surface area (Å²) in [6.45, 7) is -0.368. The molecular formula is C18H14N2O4S2. The summed E-state index contributed by atoms with van der Waals surface area (Å²) in [5.41, 5.74) is 1.14. The van der Waals surface area contributed by atoms with Crippen molar-refractivity contribution in [3.8, 4) is 0 Å². The molecule has 0 saturated carbocycles. The highest BCUT2D eigenvalue weighted by molar-refractivity contribution is 7.12. The van der Waals surface area contributed by atoms with Crippen LogP contribution in [0.4, 0.5) is 0 Å². The second-order valence-corrected chi connectivity index (χ2v) is 7.51. The lowest BCUT2D eigenvalue weighted by Gasteiger charge is -2.20. The van der Waals surface area contributed by atoms with Crippen LogP contribution in [0, 0.1) is 0 Å². The Morgan fingerprint density at radius 1 is 1.23 bits per heavy atom. The number of hydrogen-bond donors (Lipinski definition) is 0. The van der Waals surface area contributed by atoms with Crippen LogP contribution in [0.1, 0.15) is 32.6 Å². The van der Waals surface area contributed by atoms with Gasteiger partial charge in [0.15, 0.2) is 6.61 Å². The molecule has 3 aromatic rings. The number of rotatable bonds is 5. The third-order valence-electron chi connectivity index (χ3n) is 3.93. The molecule has 26 heavy (non-hydrogen) atoms. The minimum Gasteiger partial charge on any atom is -0.472 e. The third-order valence-corrected chi connectivity index (χ3v) is 5.82. The molecule has 1 amide bonds. The fourth-order valence-electron chi connectivity index (χ4n) is 2.69. The summed E-state index contributed by atoms with van der Waals surface area (Å²) in [6, 6.07) is 9.20. The molecule has 6 nitrogen and oxygen atoms in total. The Kier molecular flexibility index (Phi) is 4.68. The van der Waals surface area contributed by atoms with Crippen molar-refractivity contribution in [2.75, 3.05) is 6.61 Å². The molecule has 1 aliphatic rings. The molecule has 0 aromatic carbocycles. The van der Waals surface area contributed by atoms with Gasteiger partial charge in [-0.05, 0) is 29.0 Å². The summed E-state index contributed by atoms with van der Waals surface area (Å²) in [7, 11) is 0. The largest absolute Gasteiger partial charge is 0.472 e. The summed E-state index contributed by atoms with van der Waals surface area (Å²) < 4.78 is 9.95. The molecular weight excluding hydrogens is 372 g/mol. The van der Waals surface area contributed by atoms with E-state index in [0.717, 1.165) is 15.5 Å². The molecule has 0 bridgehead atoms. The summed E-state index contributed by atoms with van der Waals surface area (Å²) >= 11 is 3.17. The molecule has 0 aliphatic carbocycles. The molecule has 0 N–H and O–H groups in total. The molecule has 4 heterocycles. The molecule has 1 unspecified atom stereocenters. The number of thiophene rings is 2. The first-order valence-electron chi connectivity index (χ1n) is 7.88. The molecule has 0 spiro atoms. The van der Waals surface area contributed by atoms with Crippen LogP contribution in [0.15, 0.2) is 63.1 Å². The molecule has 0 saturated heterocycles. The number of amides is 1. The van der Waals surface area contributed by atoms with Gasteiger partial charge in [-0.15, -0.1) is 22.7 Å². The number of hydrazone groups is 1. The number of esters is 1.